The van der Waals surface area contributed by atoms with E-state index in [9.17, 15) is 26.3 Å². The number of rotatable bonds is 0. The third-order valence-electron chi connectivity index (χ3n) is 2.40. The van der Waals surface area contributed by atoms with Crippen molar-refractivity contribution in [3.63, 3.8) is 0 Å². The van der Waals surface area contributed by atoms with Gasteiger partial charge in [-0.2, -0.15) is 26.3 Å². The lowest BCUT2D eigenvalue weighted by atomic mass is 9.89. The highest BCUT2D eigenvalue weighted by atomic mass is 19.4. The van der Waals surface area contributed by atoms with Crippen LogP contribution in [-0.4, -0.2) is 30.5 Å². The molecule has 0 aliphatic carbocycles. The van der Waals surface area contributed by atoms with Gasteiger partial charge in [-0.05, 0) is 6.42 Å². The number of hydrogen-bond donors (Lipinski definition) is 1. The lowest BCUT2D eigenvalue weighted by molar-refractivity contribution is -0.231. The van der Waals surface area contributed by atoms with Crippen LogP contribution >= 0.6 is 0 Å². The topological polar surface area (TPSA) is 29.3 Å². The highest BCUT2D eigenvalue weighted by Crippen LogP contribution is 2.40. The first-order valence-electron chi connectivity index (χ1n) is 4.23. The van der Waals surface area contributed by atoms with E-state index in [2.05, 4.69) is 0 Å². The average Bonchev–Trinajstić information content (AvgIpc) is 1.99. The van der Waals surface area contributed by atoms with Gasteiger partial charge in [0.25, 0.3) is 0 Å². The van der Waals surface area contributed by atoms with Crippen LogP contribution in [0.4, 0.5) is 26.3 Å². The number of halogens is 6. The molecule has 1 saturated heterocycles. The molecule has 2 atom stereocenters. The predicted molar refractivity (Wildman–Crippen MR) is 39.5 cm³/mol. The summed E-state index contributed by atoms with van der Waals surface area (Å²) in [6.45, 7) is -1.15. The number of hydrogen-bond acceptors (Lipinski definition) is 2. The van der Waals surface area contributed by atoms with Gasteiger partial charge in [0.2, 0.25) is 0 Å². The Bertz CT molecular complexity index is 201. The molecule has 1 aliphatic heterocycles. The normalized spacial score (nSPS) is 30.6. The lowest BCUT2D eigenvalue weighted by Gasteiger charge is -2.36. The van der Waals surface area contributed by atoms with E-state index >= 15 is 0 Å². The minimum absolute atomic E-state index is 0.573. The van der Waals surface area contributed by atoms with Crippen LogP contribution in [0.1, 0.15) is 6.42 Å². The van der Waals surface area contributed by atoms with Crippen LogP contribution < -0.4 is 5.84 Å². The molecule has 0 bridgehead atoms. The number of nitrogens with zero attached hydrogens (tertiary/aromatic N) is 1. The third kappa shape index (κ3) is 3.23. The van der Waals surface area contributed by atoms with Crippen molar-refractivity contribution in [1.82, 2.24) is 5.01 Å². The predicted octanol–water partition coefficient (Wildman–Crippen LogP) is 1.92. The molecule has 1 heterocycles. The number of nitrogens with two attached hydrogens (primary N) is 1. The zero-order valence-electron chi connectivity index (χ0n) is 7.57. The summed E-state index contributed by atoms with van der Waals surface area (Å²) in [5, 5.41) is 0.583. The first kappa shape index (κ1) is 12.6. The minimum atomic E-state index is -4.62. The first-order chi connectivity index (χ1) is 6.60. The molecule has 90 valence electrons. The monoisotopic (exact) mass is 236 g/mol. The summed E-state index contributed by atoms with van der Waals surface area (Å²) in [5.74, 6) is 1.05. The van der Waals surface area contributed by atoms with Gasteiger partial charge in [0, 0.05) is 13.1 Å². The van der Waals surface area contributed by atoms with Crippen LogP contribution in [0.3, 0.4) is 0 Å². The maximum atomic E-state index is 12.2. The van der Waals surface area contributed by atoms with E-state index in [-0.39, 0.29) is 0 Å². The lowest BCUT2D eigenvalue weighted by Crippen LogP contribution is -2.52. The number of alkyl halides is 6. The summed E-state index contributed by atoms with van der Waals surface area (Å²) in [7, 11) is 0. The van der Waals surface area contributed by atoms with E-state index in [1.807, 2.05) is 0 Å². The average molecular weight is 236 g/mol. The van der Waals surface area contributed by atoms with Gasteiger partial charge in [0.1, 0.15) is 0 Å². The largest absolute Gasteiger partial charge is 0.393 e. The molecule has 0 aromatic heterocycles. The van der Waals surface area contributed by atoms with Crippen molar-refractivity contribution in [3.8, 4) is 0 Å². The van der Waals surface area contributed by atoms with Gasteiger partial charge in [-0.1, -0.05) is 0 Å². The summed E-state index contributed by atoms with van der Waals surface area (Å²) < 4.78 is 73.4. The Hall–Kier alpha value is -0.500. The Morgan fingerprint density at radius 3 is 1.47 bits per heavy atom. The Morgan fingerprint density at radius 2 is 1.20 bits per heavy atom. The van der Waals surface area contributed by atoms with Gasteiger partial charge in [-0.25, -0.2) is 5.01 Å². The van der Waals surface area contributed by atoms with Crippen LogP contribution in [0.2, 0.25) is 0 Å². The van der Waals surface area contributed by atoms with E-state index in [0.29, 0.717) is 5.01 Å². The van der Waals surface area contributed by atoms with Gasteiger partial charge >= 0.3 is 12.4 Å². The summed E-state index contributed by atoms with van der Waals surface area (Å²) >= 11 is 0. The first-order valence-corrected chi connectivity index (χ1v) is 4.23. The number of piperidine rings is 1. The van der Waals surface area contributed by atoms with E-state index in [1.165, 1.54) is 0 Å². The summed E-state index contributed by atoms with van der Waals surface area (Å²) in [6.07, 6.45) is -10.2. The molecule has 0 radical (unpaired) electrons. The molecule has 8 heteroatoms. The van der Waals surface area contributed by atoms with E-state index < -0.39 is 43.7 Å². The second kappa shape index (κ2) is 3.82. The van der Waals surface area contributed by atoms with E-state index in [4.69, 9.17) is 5.84 Å². The molecule has 0 amide bonds. The Kier molecular flexibility index (Phi) is 3.20. The van der Waals surface area contributed by atoms with Crippen molar-refractivity contribution in [1.29, 1.82) is 0 Å². The summed E-state index contributed by atoms with van der Waals surface area (Å²) in [4.78, 5) is 0. The van der Waals surface area contributed by atoms with Crippen molar-refractivity contribution in [2.45, 2.75) is 18.8 Å². The maximum Gasteiger partial charge on any atom is 0.393 e. The van der Waals surface area contributed by atoms with Crippen molar-refractivity contribution in [2.24, 2.45) is 17.7 Å². The molecule has 2 N–H and O–H groups in total. The van der Waals surface area contributed by atoms with Crippen LogP contribution in [0, 0.1) is 11.8 Å². The second-order valence-corrected chi connectivity index (χ2v) is 3.67. The molecule has 1 fully saturated rings. The fourth-order valence-corrected chi connectivity index (χ4v) is 1.61. The van der Waals surface area contributed by atoms with Crippen LogP contribution in [0.15, 0.2) is 0 Å². The van der Waals surface area contributed by atoms with Crippen molar-refractivity contribution < 1.29 is 26.3 Å². The molecular formula is C7H10F6N2. The molecule has 1 rings (SSSR count). The van der Waals surface area contributed by atoms with E-state index in [0.717, 1.165) is 0 Å². The van der Waals surface area contributed by atoms with Crippen LogP contribution in [-0.2, 0) is 0 Å². The molecule has 1 aliphatic rings. The van der Waals surface area contributed by atoms with Crippen molar-refractivity contribution in [2.75, 3.05) is 13.1 Å². The molecular weight excluding hydrogens is 226 g/mol. The Morgan fingerprint density at radius 1 is 0.867 bits per heavy atom. The second-order valence-electron chi connectivity index (χ2n) is 3.67. The molecule has 0 aromatic carbocycles. The third-order valence-corrected chi connectivity index (χ3v) is 2.40. The quantitative estimate of drug-likeness (QED) is 0.514. The van der Waals surface area contributed by atoms with Gasteiger partial charge in [0.15, 0.2) is 0 Å². The highest BCUT2D eigenvalue weighted by Gasteiger charge is 2.51. The highest BCUT2D eigenvalue weighted by molar-refractivity contribution is 4.84. The van der Waals surface area contributed by atoms with Gasteiger partial charge in [-0.3, -0.25) is 5.84 Å². The summed E-state index contributed by atoms with van der Waals surface area (Å²) in [5.41, 5.74) is 0. The summed E-state index contributed by atoms with van der Waals surface area (Å²) in [6, 6.07) is 0. The Labute approximate surface area is 82.0 Å². The van der Waals surface area contributed by atoms with Gasteiger partial charge in [-0.15, -0.1) is 0 Å². The standard InChI is InChI=1S/C7H10F6N2/c8-6(9,10)4-1-5(7(11,12)13)3-15(14)2-4/h4-5H,1-3,14H2/t4-,5+. The van der Waals surface area contributed by atoms with Gasteiger partial charge < -0.3 is 0 Å². The Balaban J connectivity index is 2.73. The minimum Gasteiger partial charge on any atom is -0.269 e. The smallest absolute Gasteiger partial charge is 0.269 e. The molecule has 0 unspecified atom stereocenters. The maximum absolute atomic E-state index is 12.2. The van der Waals surface area contributed by atoms with Gasteiger partial charge in [0.05, 0.1) is 11.8 Å². The van der Waals surface area contributed by atoms with Crippen LogP contribution in [0.25, 0.3) is 0 Å². The van der Waals surface area contributed by atoms with E-state index in [1.54, 1.807) is 0 Å². The number of hydrazine groups is 1. The van der Waals surface area contributed by atoms with Crippen molar-refractivity contribution >= 4 is 0 Å². The molecule has 2 nitrogen and oxygen atoms in total. The molecule has 0 spiro atoms. The van der Waals surface area contributed by atoms with Crippen molar-refractivity contribution in [3.05, 3.63) is 0 Å². The molecule has 0 aromatic rings. The molecule has 15 heavy (non-hydrogen) atoms. The fraction of sp³-hybridized carbons (Fsp3) is 1.00. The zero-order valence-corrected chi connectivity index (χ0v) is 7.57. The molecule has 0 saturated carbocycles. The SMILES string of the molecule is NN1C[C@H](C(F)(F)F)C[C@H](C(F)(F)F)C1. The fourth-order valence-electron chi connectivity index (χ4n) is 1.61. The zero-order chi connectivity index (χ0) is 11.9. The van der Waals surface area contributed by atoms with Crippen LogP contribution in [0.5, 0.6) is 0 Å².